The van der Waals surface area contributed by atoms with Gasteiger partial charge in [0, 0.05) is 6.20 Å². The highest BCUT2D eigenvalue weighted by atomic mass is 79.9. The fourth-order valence-electron chi connectivity index (χ4n) is 1.61. The van der Waals surface area contributed by atoms with Gasteiger partial charge in [0.15, 0.2) is 5.13 Å². The Morgan fingerprint density at radius 2 is 2.50 bits per heavy atom. The zero-order valence-electron chi connectivity index (χ0n) is 10.6. The smallest absolute Gasteiger partial charge is 0.264 e. The molecular formula is C12H12BrFN4OS. The molecule has 0 aromatic carbocycles. The number of carbonyl (C=O) groups is 1. The Morgan fingerprint density at radius 3 is 3.05 bits per heavy atom. The number of hydrogen-bond acceptors (Lipinski definition) is 4. The first kappa shape index (κ1) is 14.9. The van der Waals surface area contributed by atoms with Crippen LogP contribution in [0.15, 0.2) is 34.1 Å². The maximum atomic E-state index is 12.8. The Kier molecular flexibility index (Phi) is 5.02. The molecule has 0 spiro atoms. The fraction of sp³-hybridized carbons (Fsp3) is 0.250. The van der Waals surface area contributed by atoms with E-state index in [4.69, 9.17) is 0 Å². The number of thiophene rings is 1. The maximum Gasteiger partial charge on any atom is 0.264 e. The molecule has 0 aliphatic heterocycles. The van der Waals surface area contributed by atoms with E-state index in [-0.39, 0.29) is 11.0 Å². The molecule has 106 valence electrons. The van der Waals surface area contributed by atoms with Crippen LogP contribution < -0.4 is 5.43 Å². The molecule has 2 heterocycles. The second kappa shape index (κ2) is 6.76. The summed E-state index contributed by atoms with van der Waals surface area (Å²) in [4.78, 5) is 12.6. The van der Waals surface area contributed by atoms with Gasteiger partial charge in [0.05, 0.1) is 21.8 Å². The highest BCUT2D eigenvalue weighted by Crippen LogP contribution is 2.15. The van der Waals surface area contributed by atoms with Crippen LogP contribution in [0.4, 0.5) is 4.39 Å². The normalized spacial score (nSPS) is 12.8. The second-order valence-corrected chi connectivity index (χ2v) is 5.92. The number of hydrazone groups is 1. The molecule has 2 rings (SSSR count). The first-order valence-corrected chi connectivity index (χ1v) is 7.49. The van der Waals surface area contributed by atoms with Gasteiger partial charge < -0.3 is 0 Å². The van der Waals surface area contributed by atoms with Crippen LogP contribution in [0.2, 0.25) is 0 Å². The lowest BCUT2D eigenvalue weighted by atomic mass is 10.2. The predicted molar refractivity (Wildman–Crippen MR) is 79.3 cm³/mol. The van der Waals surface area contributed by atoms with Crippen molar-refractivity contribution in [2.24, 2.45) is 5.10 Å². The summed E-state index contributed by atoms with van der Waals surface area (Å²) in [7, 11) is 0. The molecule has 2 aromatic rings. The van der Waals surface area contributed by atoms with E-state index in [0.717, 1.165) is 15.8 Å². The predicted octanol–water partition coefficient (Wildman–Crippen LogP) is 2.95. The monoisotopic (exact) mass is 358 g/mol. The number of aromatic nitrogens is 2. The molecule has 0 fully saturated rings. The number of rotatable bonds is 5. The van der Waals surface area contributed by atoms with E-state index in [0.29, 0.717) is 11.3 Å². The van der Waals surface area contributed by atoms with Crippen molar-refractivity contribution in [2.45, 2.75) is 19.4 Å². The Labute approximate surface area is 127 Å². The molecule has 1 atom stereocenters. The zero-order chi connectivity index (χ0) is 14.5. The van der Waals surface area contributed by atoms with E-state index in [1.807, 2.05) is 6.92 Å². The maximum absolute atomic E-state index is 12.8. The van der Waals surface area contributed by atoms with Crippen LogP contribution in [-0.2, 0) is 4.79 Å². The van der Waals surface area contributed by atoms with Crippen molar-refractivity contribution < 1.29 is 9.18 Å². The summed E-state index contributed by atoms with van der Waals surface area (Å²) < 4.78 is 15.1. The van der Waals surface area contributed by atoms with E-state index in [9.17, 15) is 9.18 Å². The first-order valence-electron chi connectivity index (χ1n) is 5.88. The van der Waals surface area contributed by atoms with Crippen LogP contribution in [0.3, 0.4) is 0 Å². The van der Waals surface area contributed by atoms with Crippen LogP contribution in [0.5, 0.6) is 0 Å². The van der Waals surface area contributed by atoms with Gasteiger partial charge in [0.2, 0.25) is 0 Å². The molecule has 5 nitrogen and oxygen atoms in total. The van der Waals surface area contributed by atoms with E-state index < -0.39 is 6.04 Å². The molecule has 0 bridgehead atoms. The van der Waals surface area contributed by atoms with Crippen molar-refractivity contribution in [3.63, 3.8) is 0 Å². The highest BCUT2D eigenvalue weighted by Gasteiger charge is 2.18. The summed E-state index contributed by atoms with van der Waals surface area (Å²) >= 11 is 4.25. The Bertz CT molecular complexity index is 625. The van der Waals surface area contributed by atoms with Gasteiger partial charge in [-0.2, -0.15) is 14.6 Å². The highest BCUT2D eigenvalue weighted by molar-refractivity contribution is 9.10. The minimum Gasteiger partial charge on any atom is -0.271 e. The molecule has 0 saturated carbocycles. The Hall–Kier alpha value is -1.54. The molecule has 0 radical (unpaired) electrons. The van der Waals surface area contributed by atoms with E-state index in [1.165, 1.54) is 12.3 Å². The average molecular weight is 359 g/mol. The van der Waals surface area contributed by atoms with Crippen LogP contribution in [0, 0.1) is 5.13 Å². The first-order chi connectivity index (χ1) is 9.60. The lowest BCUT2D eigenvalue weighted by Crippen LogP contribution is -2.29. The molecule has 0 saturated heterocycles. The summed E-state index contributed by atoms with van der Waals surface area (Å²) in [5.74, 6) is -0.267. The Morgan fingerprint density at radius 1 is 1.70 bits per heavy atom. The molecule has 1 amide bonds. The van der Waals surface area contributed by atoms with Gasteiger partial charge >= 0.3 is 0 Å². The number of amides is 1. The molecule has 2 aromatic heterocycles. The summed E-state index contributed by atoms with van der Waals surface area (Å²) in [6, 6.07) is 2.51. The summed E-state index contributed by atoms with van der Waals surface area (Å²) in [6.07, 6.45) is 5.35. The van der Waals surface area contributed by atoms with Crippen molar-refractivity contribution in [2.75, 3.05) is 0 Å². The van der Waals surface area contributed by atoms with Gasteiger partial charge in [-0.3, -0.25) is 9.48 Å². The topological polar surface area (TPSA) is 59.3 Å². The van der Waals surface area contributed by atoms with Gasteiger partial charge in [-0.15, -0.1) is 11.3 Å². The molecular weight excluding hydrogens is 347 g/mol. The largest absolute Gasteiger partial charge is 0.271 e. The SMILES string of the molecule is CCC(C(=O)N/N=C/c1ccc(F)s1)n1cc(Br)cn1. The third kappa shape index (κ3) is 3.73. The zero-order valence-corrected chi connectivity index (χ0v) is 13.0. The van der Waals surface area contributed by atoms with E-state index in [1.54, 1.807) is 23.1 Å². The molecule has 1 unspecified atom stereocenters. The van der Waals surface area contributed by atoms with E-state index >= 15 is 0 Å². The van der Waals surface area contributed by atoms with Crippen molar-refractivity contribution in [1.82, 2.24) is 15.2 Å². The lowest BCUT2D eigenvalue weighted by molar-refractivity contribution is -0.124. The van der Waals surface area contributed by atoms with Crippen molar-refractivity contribution in [3.8, 4) is 0 Å². The van der Waals surface area contributed by atoms with Crippen molar-refractivity contribution in [1.29, 1.82) is 0 Å². The van der Waals surface area contributed by atoms with Crippen LogP contribution in [0.1, 0.15) is 24.3 Å². The fourth-order valence-corrected chi connectivity index (χ4v) is 2.51. The summed E-state index contributed by atoms with van der Waals surface area (Å²) in [5, 5.41) is 7.62. The second-order valence-electron chi connectivity index (χ2n) is 3.94. The van der Waals surface area contributed by atoms with Gasteiger partial charge in [0.25, 0.3) is 5.91 Å². The van der Waals surface area contributed by atoms with Gasteiger partial charge in [-0.1, -0.05) is 6.92 Å². The van der Waals surface area contributed by atoms with Crippen molar-refractivity contribution in [3.05, 3.63) is 39.0 Å². The number of halogens is 2. The number of hydrogen-bond donors (Lipinski definition) is 1. The quantitative estimate of drug-likeness (QED) is 0.659. The minimum absolute atomic E-state index is 0.267. The van der Waals surface area contributed by atoms with Gasteiger partial charge in [-0.05, 0) is 34.5 Å². The number of carbonyl (C=O) groups excluding carboxylic acids is 1. The van der Waals surface area contributed by atoms with E-state index in [2.05, 4.69) is 31.6 Å². The standard InChI is InChI=1S/C12H12BrFN4OS/c1-2-10(18-7-8(13)5-16-18)12(19)17-15-6-9-3-4-11(14)20-9/h3-7,10H,2H2,1H3,(H,17,19)/b15-6+. The molecule has 8 heteroatoms. The van der Waals surface area contributed by atoms with Crippen molar-refractivity contribution >= 4 is 39.4 Å². The Balaban J connectivity index is 1.98. The van der Waals surface area contributed by atoms with Crippen LogP contribution in [0.25, 0.3) is 0 Å². The van der Waals surface area contributed by atoms with Gasteiger partial charge in [-0.25, -0.2) is 5.43 Å². The van der Waals surface area contributed by atoms with Crippen LogP contribution >= 0.6 is 27.3 Å². The third-order valence-corrected chi connectivity index (χ3v) is 3.76. The molecule has 20 heavy (non-hydrogen) atoms. The molecule has 0 aliphatic rings. The molecule has 0 aliphatic carbocycles. The number of nitrogens with zero attached hydrogens (tertiary/aromatic N) is 3. The van der Waals surface area contributed by atoms with Gasteiger partial charge in [0.1, 0.15) is 6.04 Å². The number of nitrogens with one attached hydrogen (secondary N) is 1. The average Bonchev–Trinajstić information content (AvgIpc) is 3.00. The summed E-state index contributed by atoms with van der Waals surface area (Å²) in [6.45, 7) is 1.89. The van der Waals surface area contributed by atoms with Crippen LogP contribution in [-0.4, -0.2) is 21.9 Å². The summed E-state index contributed by atoms with van der Waals surface area (Å²) in [5.41, 5.74) is 2.44. The lowest BCUT2D eigenvalue weighted by Gasteiger charge is -2.12. The minimum atomic E-state index is -0.432. The third-order valence-electron chi connectivity index (χ3n) is 2.54. The molecule has 1 N–H and O–H groups in total.